The number of benzene rings is 1. The lowest BCUT2D eigenvalue weighted by molar-refractivity contribution is -0.0305. The standard InChI is InChI=1S/C14H17ClO3/c1-8-2-3-12(18-8)13(16)11-7-10(15)6-9-4-5-17-14(9)11/h6-8,12-13,16H,2-5H2,1H3. The van der Waals surface area contributed by atoms with Crippen LogP contribution in [-0.4, -0.2) is 23.9 Å². The van der Waals surface area contributed by atoms with E-state index in [0.29, 0.717) is 11.6 Å². The van der Waals surface area contributed by atoms with Crippen LogP contribution in [0.4, 0.5) is 0 Å². The van der Waals surface area contributed by atoms with Gasteiger partial charge in [-0.2, -0.15) is 0 Å². The Labute approximate surface area is 112 Å². The lowest BCUT2D eigenvalue weighted by Crippen LogP contribution is -2.19. The van der Waals surface area contributed by atoms with Crippen molar-refractivity contribution in [1.29, 1.82) is 0 Å². The van der Waals surface area contributed by atoms with E-state index in [9.17, 15) is 5.11 Å². The fourth-order valence-electron chi connectivity index (χ4n) is 2.78. The van der Waals surface area contributed by atoms with Crippen LogP contribution in [0, 0.1) is 0 Å². The minimum absolute atomic E-state index is 0.147. The molecule has 3 atom stereocenters. The van der Waals surface area contributed by atoms with Gasteiger partial charge in [-0.05, 0) is 37.5 Å². The summed E-state index contributed by atoms with van der Waals surface area (Å²) in [6, 6.07) is 3.71. The van der Waals surface area contributed by atoms with Gasteiger partial charge in [0.25, 0.3) is 0 Å². The molecule has 0 bridgehead atoms. The number of ether oxygens (including phenoxy) is 2. The van der Waals surface area contributed by atoms with Gasteiger partial charge >= 0.3 is 0 Å². The van der Waals surface area contributed by atoms with E-state index in [4.69, 9.17) is 21.1 Å². The Morgan fingerprint density at radius 3 is 2.94 bits per heavy atom. The number of aliphatic hydroxyl groups excluding tert-OH is 1. The van der Waals surface area contributed by atoms with E-state index in [0.717, 1.165) is 36.1 Å². The third kappa shape index (κ3) is 2.11. The van der Waals surface area contributed by atoms with E-state index in [1.807, 2.05) is 13.0 Å². The van der Waals surface area contributed by atoms with E-state index in [2.05, 4.69) is 0 Å². The molecule has 3 unspecified atom stereocenters. The molecule has 0 saturated carbocycles. The van der Waals surface area contributed by atoms with Gasteiger partial charge < -0.3 is 14.6 Å². The number of hydrogen-bond donors (Lipinski definition) is 1. The molecule has 0 radical (unpaired) electrons. The normalized spacial score (nSPS) is 27.9. The largest absolute Gasteiger partial charge is 0.493 e. The van der Waals surface area contributed by atoms with Crippen LogP contribution in [0.25, 0.3) is 0 Å². The van der Waals surface area contributed by atoms with Crippen LogP contribution >= 0.6 is 11.6 Å². The third-order valence-electron chi connectivity index (χ3n) is 3.71. The Morgan fingerprint density at radius 1 is 1.39 bits per heavy atom. The molecule has 1 N–H and O–H groups in total. The topological polar surface area (TPSA) is 38.7 Å². The highest BCUT2D eigenvalue weighted by molar-refractivity contribution is 6.30. The predicted molar refractivity (Wildman–Crippen MR) is 69.2 cm³/mol. The second-order valence-corrected chi connectivity index (χ2v) is 5.53. The third-order valence-corrected chi connectivity index (χ3v) is 3.93. The molecule has 1 fully saturated rings. The van der Waals surface area contributed by atoms with Crippen molar-refractivity contribution in [2.24, 2.45) is 0 Å². The Hall–Kier alpha value is -0.770. The lowest BCUT2D eigenvalue weighted by atomic mass is 9.98. The molecule has 1 aromatic rings. The van der Waals surface area contributed by atoms with E-state index in [1.165, 1.54) is 0 Å². The quantitative estimate of drug-likeness (QED) is 0.896. The Balaban J connectivity index is 1.92. The van der Waals surface area contributed by atoms with E-state index in [-0.39, 0.29) is 12.2 Å². The first-order chi connectivity index (χ1) is 8.65. The maximum Gasteiger partial charge on any atom is 0.128 e. The zero-order valence-corrected chi connectivity index (χ0v) is 11.1. The summed E-state index contributed by atoms with van der Waals surface area (Å²) < 4.78 is 11.3. The summed E-state index contributed by atoms with van der Waals surface area (Å²) >= 11 is 6.10. The van der Waals surface area contributed by atoms with Gasteiger partial charge in [0, 0.05) is 17.0 Å². The van der Waals surface area contributed by atoms with Crippen LogP contribution in [0.3, 0.4) is 0 Å². The van der Waals surface area contributed by atoms with Crippen LogP contribution in [0.2, 0.25) is 5.02 Å². The summed E-state index contributed by atoms with van der Waals surface area (Å²) in [5.74, 6) is 0.801. The second kappa shape index (κ2) is 4.72. The summed E-state index contributed by atoms with van der Waals surface area (Å²) in [6.07, 6.45) is 2.15. The average molecular weight is 269 g/mol. The van der Waals surface area contributed by atoms with Gasteiger partial charge in [-0.15, -0.1) is 0 Å². The van der Waals surface area contributed by atoms with Crippen molar-refractivity contribution in [3.05, 3.63) is 28.3 Å². The molecule has 0 aliphatic carbocycles. The number of hydrogen-bond acceptors (Lipinski definition) is 3. The van der Waals surface area contributed by atoms with Gasteiger partial charge in [0.2, 0.25) is 0 Å². The van der Waals surface area contributed by atoms with Gasteiger partial charge in [0.1, 0.15) is 11.9 Å². The molecular formula is C14H17ClO3. The summed E-state index contributed by atoms with van der Waals surface area (Å²) in [7, 11) is 0. The molecule has 4 heteroatoms. The molecule has 0 amide bonds. The van der Waals surface area contributed by atoms with Crippen molar-refractivity contribution in [3.8, 4) is 5.75 Å². The molecule has 3 rings (SSSR count). The zero-order chi connectivity index (χ0) is 12.7. The molecule has 3 nitrogen and oxygen atoms in total. The molecular weight excluding hydrogens is 252 g/mol. The highest BCUT2D eigenvalue weighted by Crippen LogP contribution is 2.40. The highest BCUT2D eigenvalue weighted by atomic mass is 35.5. The number of halogens is 1. The number of fused-ring (bicyclic) bond motifs is 1. The van der Waals surface area contributed by atoms with Crippen molar-refractivity contribution in [3.63, 3.8) is 0 Å². The van der Waals surface area contributed by atoms with Gasteiger partial charge in [0.05, 0.1) is 18.8 Å². The molecule has 0 aromatic heterocycles. The Kier molecular flexibility index (Phi) is 3.22. The molecule has 2 heterocycles. The van der Waals surface area contributed by atoms with Crippen molar-refractivity contribution < 1.29 is 14.6 Å². The Bertz CT molecular complexity index is 461. The molecule has 1 aromatic carbocycles. The predicted octanol–water partition coefficient (Wildman–Crippen LogP) is 2.88. The second-order valence-electron chi connectivity index (χ2n) is 5.09. The maximum absolute atomic E-state index is 10.5. The van der Waals surface area contributed by atoms with E-state index >= 15 is 0 Å². The van der Waals surface area contributed by atoms with Gasteiger partial charge in [0.15, 0.2) is 0 Å². The summed E-state index contributed by atoms with van der Waals surface area (Å²) in [5.41, 5.74) is 1.86. The van der Waals surface area contributed by atoms with Crippen LogP contribution in [0.15, 0.2) is 12.1 Å². The van der Waals surface area contributed by atoms with Crippen LogP contribution in [0.5, 0.6) is 5.75 Å². The van der Waals surface area contributed by atoms with Crippen molar-refractivity contribution >= 4 is 11.6 Å². The highest BCUT2D eigenvalue weighted by Gasteiger charge is 2.32. The van der Waals surface area contributed by atoms with Crippen molar-refractivity contribution in [2.45, 2.75) is 44.5 Å². The fourth-order valence-corrected chi connectivity index (χ4v) is 3.03. The molecule has 98 valence electrons. The van der Waals surface area contributed by atoms with Crippen LogP contribution in [-0.2, 0) is 11.2 Å². The summed E-state index contributed by atoms with van der Waals surface area (Å²) in [5, 5.41) is 11.1. The fraction of sp³-hybridized carbons (Fsp3) is 0.571. The first-order valence-electron chi connectivity index (χ1n) is 6.44. The van der Waals surface area contributed by atoms with Crippen LogP contribution in [0.1, 0.15) is 37.0 Å². The molecule has 18 heavy (non-hydrogen) atoms. The average Bonchev–Trinajstić information content (AvgIpc) is 2.95. The van der Waals surface area contributed by atoms with E-state index < -0.39 is 6.10 Å². The lowest BCUT2D eigenvalue weighted by Gasteiger charge is -2.21. The van der Waals surface area contributed by atoms with Gasteiger partial charge in [-0.3, -0.25) is 0 Å². The summed E-state index contributed by atoms with van der Waals surface area (Å²) in [6.45, 7) is 2.70. The molecule has 2 aliphatic rings. The number of rotatable bonds is 2. The smallest absolute Gasteiger partial charge is 0.128 e. The summed E-state index contributed by atoms with van der Waals surface area (Å²) in [4.78, 5) is 0. The van der Waals surface area contributed by atoms with Crippen LogP contribution < -0.4 is 4.74 Å². The van der Waals surface area contributed by atoms with E-state index in [1.54, 1.807) is 6.07 Å². The first-order valence-corrected chi connectivity index (χ1v) is 6.81. The monoisotopic (exact) mass is 268 g/mol. The van der Waals surface area contributed by atoms with Crippen molar-refractivity contribution in [1.82, 2.24) is 0 Å². The molecule has 0 spiro atoms. The minimum atomic E-state index is -0.652. The SMILES string of the molecule is CC1CCC(C(O)c2cc(Cl)cc3c2OCC3)O1. The zero-order valence-electron chi connectivity index (χ0n) is 10.4. The first kappa shape index (κ1) is 12.3. The van der Waals surface area contributed by atoms with Gasteiger partial charge in [-0.25, -0.2) is 0 Å². The van der Waals surface area contributed by atoms with Gasteiger partial charge in [-0.1, -0.05) is 11.6 Å². The maximum atomic E-state index is 10.5. The Morgan fingerprint density at radius 2 is 2.22 bits per heavy atom. The number of aliphatic hydroxyl groups is 1. The molecule has 2 aliphatic heterocycles. The van der Waals surface area contributed by atoms with Crippen molar-refractivity contribution in [2.75, 3.05) is 6.61 Å². The molecule has 1 saturated heterocycles. The minimum Gasteiger partial charge on any atom is -0.493 e.